The van der Waals surface area contributed by atoms with E-state index in [-0.39, 0.29) is 0 Å². The maximum atomic E-state index is 5.53. The minimum Gasteiger partial charge on any atom is -0.309 e. The molecule has 0 amide bonds. The largest absolute Gasteiger partial charge is 0.309 e. The van der Waals surface area contributed by atoms with Crippen molar-refractivity contribution in [3.05, 3.63) is 237 Å². The fourth-order valence-electron chi connectivity index (χ4n) is 9.67. The molecular weight excluding hydrogens is 819 g/mol. The van der Waals surface area contributed by atoms with Gasteiger partial charge in [0.05, 0.1) is 16.6 Å². The summed E-state index contributed by atoms with van der Waals surface area (Å²) in [5.41, 5.74) is 14.6. The number of rotatable bonds is 8. The molecule has 7 nitrogen and oxygen atoms in total. The second kappa shape index (κ2) is 15.8. The van der Waals surface area contributed by atoms with Crippen molar-refractivity contribution in [3.8, 4) is 73.7 Å². The molecule has 0 atom stereocenters. The van der Waals surface area contributed by atoms with Crippen LogP contribution < -0.4 is 0 Å². The van der Waals surface area contributed by atoms with E-state index in [1.54, 1.807) is 0 Å². The Kier molecular flexibility index (Phi) is 9.03. The number of benzene rings is 9. The van der Waals surface area contributed by atoms with Gasteiger partial charge >= 0.3 is 0 Å². The highest BCUT2D eigenvalue weighted by molar-refractivity contribution is 6.25. The Bertz CT molecular complexity index is 3870. The molecule has 7 heteroatoms. The summed E-state index contributed by atoms with van der Waals surface area (Å²) in [5.74, 6) is 2.81. The van der Waals surface area contributed by atoms with Gasteiger partial charge in [-0.15, -0.1) is 0 Å². The lowest BCUT2D eigenvalue weighted by atomic mass is 10.0. The minimum absolute atomic E-state index is 0.628. The Morgan fingerprint density at radius 1 is 0.269 bits per heavy atom. The molecule has 0 saturated heterocycles. The van der Waals surface area contributed by atoms with E-state index < -0.39 is 0 Å². The molecular formula is C60H39N7. The van der Waals surface area contributed by atoms with Gasteiger partial charge in [0.15, 0.2) is 23.1 Å². The zero-order valence-corrected chi connectivity index (χ0v) is 36.1. The van der Waals surface area contributed by atoms with Crippen molar-refractivity contribution < 1.29 is 0 Å². The van der Waals surface area contributed by atoms with Crippen molar-refractivity contribution >= 4 is 43.9 Å². The first-order valence-corrected chi connectivity index (χ1v) is 22.5. The van der Waals surface area contributed by atoms with E-state index in [1.807, 2.05) is 60.7 Å². The average Bonchev–Trinajstić information content (AvgIpc) is 4.07. The quantitative estimate of drug-likeness (QED) is 0.153. The normalized spacial score (nSPS) is 11.6. The highest BCUT2D eigenvalue weighted by atomic mass is 15.2. The van der Waals surface area contributed by atoms with Crippen LogP contribution in [0.25, 0.3) is 118 Å². The summed E-state index contributed by atoms with van der Waals surface area (Å²) in [5, 5.41) is 3.48. The van der Waals surface area contributed by atoms with Gasteiger partial charge in [-0.05, 0) is 71.8 Å². The molecule has 0 radical (unpaired) electrons. The van der Waals surface area contributed by atoms with Crippen LogP contribution in [-0.2, 0) is 0 Å². The number of aromatic nitrogens is 7. The molecule has 0 saturated carbocycles. The van der Waals surface area contributed by atoms with Crippen LogP contribution in [0, 0.1) is 0 Å². The maximum absolute atomic E-state index is 5.53. The lowest BCUT2D eigenvalue weighted by Crippen LogP contribution is -2.00. The molecule has 13 aromatic rings. The topological polar surface area (TPSA) is 66.3 Å². The second-order valence-corrected chi connectivity index (χ2v) is 16.7. The smallest absolute Gasteiger partial charge is 0.165 e. The first-order chi connectivity index (χ1) is 33.2. The van der Waals surface area contributed by atoms with Gasteiger partial charge in [0.2, 0.25) is 0 Å². The predicted octanol–water partition coefficient (Wildman–Crippen LogP) is 14.6. The number of hydrogen-bond donors (Lipinski definition) is 0. The summed E-state index contributed by atoms with van der Waals surface area (Å²) in [7, 11) is 0. The van der Waals surface area contributed by atoms with E-state index in [0.717, 1.165) is 89.4 Å². The third kappa shape index (κ3) is 6.44. The third-order valence-corrected chi connectivity index (χ3v) is 12.7. The number of para-hydroxylation sites is 3. The molecule has 0 aliphatic rings. The molecule has 0 N–H and O–H groups in total. The summed E-state index contributed by atoms with van der Waals surface area (Å²) in [6.45, 7) is 0. The molecule has 0 aliphatic heterocycles. The number of imidazole rings is 1. The Hall–Kier alpha value is -9.20. The Morgan fingerprint density at radius 3 is 1.39 bits per heavy atom. The van der Waals surface area contributed by atoms with Crippen molar-refractivity contribution in [1.29, 1.82) is 0 Å². The van der Waals surface area contributed by atoms with Crippen LogP contribution in [0.2, 0.25) is 0 Å². The Balaban J connectivity index is 0.971. The van der Waals surface area contributed by atoms with E-state index in [4.69, 9.17) is 19.9 Å². The van der Waals surface area contributed by atoms with Crippen LogP contribution in [0.5, 0.6) is 0 Å². The summed E-state index contributed by atoms with van der Waals surface area (Å²) in [6, 6.07) is 82.6. The second-order valence-electron chi connectivity index (χ2n) is 16.7. The van der Waals surface area contributed by atoms with Crippen molar-refractivity contribution in [2.45, 2.75) is 0 Å². The molecule has 0 aliphatic carbocycles. The van der Waals surface area contributed by atoms with Crippen LogP contribution in [-0.4, -0.2) is 33.6 Å². The summed E-state index contributed by atoms with van der Waals surface area (Å²) in [6.07, 6.45) is 0. The fourth-order valence-corrected chi connectivity index (χ4v) is 9.67. The summed E-state index contributed by atoms with van der Waals surface area (Å²) >= 11 is 0. The highest BCUT2D eigenvalue weighted by Gasteiger charge is 2.26. The van der Waals surface area contributed by atoms with E-state index >= 15 is 0 Å². The van der Waals surface area contributed by atoms with Crippen molar-refractivity contribution in [2.24, 2.45) is 0 Å². The zero-order chi connectivity index (χ0) is 44.3. The fraction of sp³-hybridized carbons (Fsp3) is 0. The third-order valence-electron chi connectivity index (χ3n) is 12.7. The van der Waals surface area contributed by atoms with Crippen molar-refractivity contribution in [1.82, 2.24) is 33.6 Å². The predicted molar refractivity (Wildman–Crippen MR) is 273 cm³/mol. The first-order valence-electron chi connectivity index (χ1n) is 22.5. The van der Waals surface area contributed by atoms with E-state index in [1.165, 1.54) is 10.8 Å². The molecule has 314 valence electrons. The Morgan fingerprint density at radius 2 is 0.761 bits per heavy atom. The molecule has 0 fully saturated rings. The summed E-state index contributed by atoms with van der Waals surface area (Å²) < 4.78 is 7.09. The maximum Gasteiger partial charge on any atom is 0.165 e. The Labute approximate surface area is 386 Å². The molecule has 0 spiro atoms. The van der Waals surface area contributed by atoms with Crippen LogP contribution in [0.15, 0.2) is 237 Å². The van der Waals surface area contributed by atoms with Gasteiger partial charge in [0, 0.05) is 55.5 Å². The molecule has 9 aromatic carbocycles. The van der Waals surface area contributed by atoms with Gasteiger partial charge in [-0.25, -0.2) is 19.9 Å². The number of fused-ring (bicyclic) bond motifs is 7. The van der Waals surface area contributed by atoms with Gasteiger partial charge in [0.25, 0.3) is 0 Å². The molecule has 13 rings (SSSR count). The summed E-state index contributed by atoms with van der Waals surface area (Å²) in [4.78, 5) is 20.4. The van der Waals surface area contributed by atoms with Crippen molar-refractivity contribution in [3.63, 3.8) is 0 Å². The van der Waals surface area contributed by atoms with Gasteiger partial charge in [-0.3, -0.25) is 9.13 Å². The minimum atomic E-state index is 0.628. The van der Waals surface area contributed by atoms with Gasteiger partial charge < -0.3 is 4.57 Å². The molecule has 67 heavy (non-hydrogen) atoms. The highest BCUT2D eigenvalue weighted by Crippen LogP contribution is 2.44. The van der Waals surface area contributed by atoms with Gasteiger partial charge in [-0.1, -0.05) is 176 Å². The van der Waals surface area contributed by atoms with E-state index in [9.17, 15) is 0 Å². The zero-order valence-electron chi connectivity index (χ0n) is 36.1. The number of hydrogen-bond acceptors (Lipinski definition) is 4. The van der Waals surface area contributed by atoms with Crippen LogP contribution in [0.4, 0.5) is 0 Å². The van der Waals surface area contributed by atoms with Gasteiger partial charge in [-0.2, -0.15) is 0 Å². The van der Waals surface area contributed by atoms with Crippen molar-refractivity contribution in [2.75, 3.05) is 0 Å². The molecule has 0 unspecified atom stereocenters. The van der Waals surface area contributed by atoms with Crippen LogP contribution in [0.1, 0.15) is 0 Å². The van der Waals surface area contributed by atoms with Crippen LogP contribution >= 0.6 is 0 Å². The van der Waals surface area contributed by atoms with Crippen LogP contribution in [0.3, 0.4) is 0 Å². The lowest BCUT2D eigenvalue weighted by Gasteiger charge is -2.12. The van der Waals surface area contributed by atoms with E-state index in [2.05, 4.69) is 190 Å². The number of nitrogens with zero attached hydrogens (tertiary/aromatic N) is 7. The van der Waals surface area contributed by atoms with Gasteiger partial charge in [0.1, 0.15) is 11.3 Å². The molecule has 4 aromatic heterocycles. The first kappa shape index (κ1) is 38.3. The molecule has 0 bridgehead atoms. The lowest BCUT2D eigenvalue weighted by molar-refractivity contribution is 1.07. The SMILES string of the molecule is c1ccc(-c2nc(-c3ccccc3)nc(-c3cccc(-c4ccc(-n5c6ccccc6c6c5ccc5c7c(nc(-c8ccccc8)n7-c7ccccc7)n(-c7ccccc7)c56)cc4)c3)n2)cc1. The standard InChI is InChI=1S/C60H39N7/c1-6-19-41(20-7-1)56-61-57(42-21-8-2-9-22-42)63-58(62-56)45-26-18-25-44(39-45)40-33-35-48(36-34-40)65-51-32-17-16-31-49(51)53-52(65)38-37-50-54(53)66(46-27-12-4-13-28-46)60-55(50)67(47-29-14-5-15-30-47)59(64-60)43-23-10-3-11-24-43/h1-39H. The van der Waals surface area contributed by atoms with E-state index in [0.29, 0.717) is 17.5 Å². The monoisotopic (exact) mass is 857 g/mol. The molecule has 4 heterocycles. The average molecular weight is 858 g/mol.